The van der Waals surface area contributed by atoms with Crippen molar-refractivity contribution in [2.45, 2.75) is 324 Å². The maximum Gasteiger partial charge on any atom is 0.305 e. The van der Waals surface area contributed by atoms with E-state index in [-0.39, 0.29) is 11.9 Å². The molecule has 0 aliphatic rings. The van der Waals surface area contributed by atoms with Gasteiger partial charge in [0, 0.05) is 31.7 Å². The molecule has 0 aliphatic heterocycles. The first-order valence-corrected chi connectivity index (χ1v) is 29.4. The second-order valence-corrected chi connectivity index (χ2v) is 20.6. The fraction of sp³-hybridized carbons (Fsp3) is 0.949. The lowest BCUT2D eigenvalue weighted by Crippen LogP contribution is -2.37. The van der Waals surface area contributed by atoms with Crippen molar-refractivity contribution in [1.29, 1.82) is 0 Å². The number of ether oxygens (including phenoxy) is 2. The highest BCUT2D eigenvalue weighted by atomic mass is 16.5. The normalized spacial score (nSPS) is 13.0. The summed E-state index contributed by atoms with van der Waals surface area (Å²) in [6.07, 6.45) is 50.7. The molecular formula is C59H115NO5. The van der Waals surface area contributed by atoms with E-state index in [2.05, 4.69) is 39.5 Å². The second-order valence-electron chi connectivity index (χ2n) is 20.6. The number of hydrogen-bond donors (Lipinski definition) is 0. The van der Waals surface area contributed by atoms with Gasteiger partial charge >= 0.3 is 11.9 Å². The third-order valence-corrected chi connectivity index (χ3v) is 14.3. The van der Waals surface area contributed by atoms with Crippen molar-refractivity contribution in [3.63, 3.8) is 0 Å². The number of rotatable bonds is 53. The summed E-state index contributed by atoms with van der Waals surface area (Å²) in [5, 5.41) is 0. The Balaban J connectivity index is 4.96. The minimum absolute atomic E-state index is 0.0116. The van der Waals surface area contributed by atoms with Crippen LogP contribution in [-0.2, 0) is 23.9 Å². The van der Waals surface area contributed by atoms with Gasteiger partial charge in [-0.05, 0) is 95.6 Å². The molecule has 0 aliphatic carbocycles. The fourth-order valence-corrected chi connectivity index (χ4v) is 9.68. The Labute approximate surface area is 406 Å². The first-order chi connectivity index (χ1) is 31.8. The fourth-order valence-electron chi connectivity index (χ4n) is 9.68. The molecule has 2 unspecified atom stereocenters. The average molecular weight is 919 g/mol. The van der Waals surface area contributed by atoms with Crippen LogP contribution in [0.1, 0.15) is 318 Å². The van der Waals surface area contributed by atoms with Gasteiger partial charge in [0.15, 0.2) is 0 Å². The van der Waals surface area contributed by atoms with Crippen LogP contribution in [0.4, 0.5) is 0 Å². The predicted molar refractivity (Wildman–Crippen MR) is 282 cm³/mol. The van der Waals surface area contributed by atoms with Gasteiger partial charge < -0.3 is 14.4 Å². The predicted octanol–water partition coefficient (Wildman–Crippen LogP) is 18.4. The molecule has 0 saturated carbocycles. The van der Waals surface area contributed by atoms with Gasteiger partial charge in [-0.25, -0.2) is 0 Å². The molecule has 386 valence electrons. The van der Waals surface area contributed by atoms with Gasteiger partial charge in [0.05, 0.1) is 13.2 Å². The molecule has 0 saturated heterocycles. The van der Waals surface area contributed by atoms with E-state index in [1.54, 1.807) is 0 Å². The van der Waals surface area contributed by atoms with Gasteiger partial charge in [-0.1, -0.05) is 221 Å². The summed E-state index contributed by atoms with van der Waals surface area (Å²) in [6.45, 7) is 16.9. The quantitative estimate of drug-likeness (QED) is 0.0447. The largest absolute Gasteiger partial charge is 0.465 e. The van der Waals surface area contributed by atoms with Crippen molar-refractivity contribution in [2.75, 3.05) is 26.3 Å². The van der Waals surface area contributed by atoms with E-state index in [0.29, 0.717) is 56.1 Å². The van der Waals surface area contributed by atoms with Crippen molar-refractivity contribution < 1.29 is 23.9 Å². The number of nitrogens with zero attached hydrogens (tertiary/aromatic N) is 1. The highest BCUT2D eigenvalue weighted by Gasteiger charge is 2.19. The molecule has 0 aromatic carbocycles. The van der Waals surface area contributed by atoms with E-state index in [9.17, 15) is 14.4 Å². The molecule has 2 atom stereocenters. The second kappa shape index (κ2) is 50.4. The summed E-state index contributed by atoms with van der Waals surface area (Å²) in [7, 11) is 0. The zero-order valence-electron chi connectivity index (χ0n) is 45.0. The topological polar surface area (TPSA) is 72.9 Å². The summed E-state index contributed by atoms with van der Waals surface area (Å²) in [4.78, 5) is 40.2. The van der Waals surface area contributed by atoms with Crippen LogP contribution in [0.2, 0.25) is 0 Å². The minimum atomic E-state index is 0.0116. The van der Waals surface area contributed by atoms with Gasteiger partial charge in [-0.3, -0.25) is 14.4 Å². The summed E-state index contributed by atoms with van der Waals surface area (Å²) < 4.78 is 11.6. The molecule has 0 N–H and O–H groups in total. The first kappa shape index (κ1) is 63.6. The zero-order valence-corrected chi connectivity index (χ0v) is 45.0. The number of esters is 2. The molecule has 0 heterocycles. The van der Waals surface area contributed by atoms with Crippen LogP contribution in [0.15, 0.2) is 0 Å². The maximum atomic E-state index is 12.6. The van der Waals surface area contributed by atoms with Crippen LogP contribution in [-0.4, -0.2) is 55.0 Å². The Morgan fingerprint density at radius 3 is 1.06 bits per heavy atom. The number of carbonyl (C=O) groups is 3. The van der Waals surface area contributed by atoms with Crippen molar-refractivity contribution in [3.8, 4) is 0 Å². The monoisotopic (exact) mass is 918 g/mol. The van der Waals surface area contributed by atoms with Gasteiger partial charge in [0.25, 0.3) is 0 Å². The summed E-state index contributed by atoms with van der Waals surface area (Å²) in [5.41, 5.74) is 0. The number of carbonyl (C=O) groups excluding carboxylic acids is 3. The molecule has 6 heteroatoms. The molecule has 0 bridgehead atoms. The average Bonchev–Trinajstić information content (AvgIpc) is 3.31. The molecule has 0 spiro atoms. The molecule has 0 fully saturated rings. The Bertz CT molecular complexity index is 961. The molecule has 6 nitrogen and oxygen atoms in total. The third kappa shape index (κ3) is 43.6. The van der Waals surface area contributed by atoms with Gasteiger partial charge in [0.1, 0.15) is 5.78 Å². The standard InChI is InChI=1S/C59H115NO5/c1-7-13-18-21-26-31-39-50-60(51-40-38-47-57(61)12-6)56(45-34-27-22-24-29-36-48-58(62)64-52-54(41-16-10-4)43-32-19-14-8-2)46-35-28-23-25-30-37-49-59(63)65-53-55(42-17-11-5)44-33-20-15-9-3/h54-56H,7-53H2,1-6H3. The minimum Gasteiger partial charge on any atom is -0.465 e. The lowest BCUT2D eigenvalue weighted by atomic mass is 9.96. The van der Waals surface area contributed by atoms with E-state index < -0.39 is 0 Å². The Morgan fingerprint density at radius 2 is 0.646 bits per heavy atom. The van der Waals surface area contributed by atoms with Gasteiger partial charge in [0.2, 0.25) is 0 Å². The SMILES string of the molecule is CCCCCCCCCN(CCCCC(=O)CC)C(CCCCCCCCC(=O)OCC(CCCC)CCCCCC)CCCCCCCCC(=O)OCC(CCCC)CCCCCC. The molecule has 0 aromatic heterocycles. The number of hydrogen-bond acceptors (Lipinski definition) is 6. The third-order valence-electron chi connectivity index (χ3n) is 14.3. The summed E-state index contributed by atoms with van der Waals surface area (Å²) >= 11 is 0. The maximum absolute atomic E-state index is 12.6. The molecule has 0 amide bonds. The van der Waals surface area contributed by atoms with Crippen LogP contribution >= 0.6 is 0 Å². The van der Waals surface area contributed by atoms with E-state index in [4.69, 9.17) is 9.47 Å². The Kier molecular flexibility index (Phi) is 49.3. The molecule has 65 heavy (non-hydrogen) atoms. The van der Waals surface area contributed by atoms with Crippen LogP contribution < -0.4 is 0 Å². The number of Topliss-reactive ketones (excluding diaryl/α,β-unsaturated/α-hetero) is 1. The first-order valence-electron chi connectivity index (χ1n) is 29.4. The van der Waals surface area contributed by atoms with E-state index in [0.717, 1.165) is 51.5 Å². The highest BCUT2D eigenvalue weighted by Crippen LogP contribution is 2.23. The van der Waals surface area contributed by atoms with Gasteiger partial charge in [-0.2, -0.15) is 0 Å². The van der Waals surface area contributed by atoms with Crippen molar-refractivity contribution >= 4 is 17.7 Å². The molecule has 0 radical (unpaired) electrons. The van der Waals surface area contributed by atoms with Crippen LogP contribution in [0.25, 0.3) is 0 Å². The zero-order chi connectivity index (χ0) is 47.7. The molecular weight excluding hydrogens is 803 g/mol. The van der Waals surface area contributed by atoms with E-state index in [1.165, 1.54) is 218 Å². The summed E-state index contributed by atoms with van der Waals surface area (Å²) in [6, 6.07) is 0.627. The van der Waals surface area contributed by atoms with Crippen molar-refractivity contribution in [2.24, 2.45) is 11.8 Å². The Morgan fingerprint density at radius 1 is 0.338 bits per heavy atom. The number of unbranched alkanes of at least 4 members (excludes halogenated alkanes) is 25. The smallest absolute Gasteiger partial charge is 0.305 e. The lowest BCUT2D eigenvalue weighted by molar-refractivity contribution is -0.146. The van der Waals surface area contributed by atoms with Crippen molar-refractivity contribution in [3.05, 3.63) is 0 Å². The van der Waals surface area contributed by atoms with E-state index in [1.807, 2.05) is 6.92 Å². The molecule has 0 aromatic rings. The van der Waals surface area contributed by atoms with Crippen LogP contribution in [0.5, 0.6) is 0 Å². The van der Waals surface area contributed by atoms with Crippen LogP contribution in [0, 0.1) is 11.8 Å². The van der Waals surface area contributed by atoms with Crippen LogP contribution in [0.3, 0.4) is 0 Å². The van der Waals surface area contributed by atoms with Gasteiger partial charge in [-0.15, -0.1) is 0 Å². The lowest BCUT2D eigenvalue weighted by Gasteiger charge is -2.32. The molecule has 0 rings (SSSR count). The Hall–Kier alpha value is -1.43. The van der Waals surface area contributed by atoms with Crippen molar-refractivity contribution in [1.82, 2.24) is 4.90 Å². The summed E-state index contributed by atoms with van der Waals surface area (Å²) in [5.74, 6) is 1.50. The number of ketones is 1. The van der Waals surface area contributed by atoms with E-state index >= 15 is 0 Å². The highest BCUT2D eigenvalue weighted by molar-refractivity contribution is 5.77.